The fraction of sp³-hybridized carbons (Fsp3) is 0.290. The zero-order valence-electron chi connectivity index (χ0n) is 24.0. The van der Waals surface area contributed by atoms with Gasteiger partial charge in [-0.2, -0.15) is 20.1 Å². The van der Waals surface area contributed by atoms with Crippen LogP contribution in [0.25, 0.3) is 27.8 Å². The van der Waals surface area contributed by atoms with E-state index >= 15 is 4.39 Å². The van der Waals surface area contributed by atoms with Crippen molar-refractivity contribution in [3.8, 4) is 17.1 Å². The summed E-state index contributed by atoms with van der Waals surface area (Å²) in [5.41, 5.74) is 8.41. The van der Waals surface area contributed by atoms with E-state index in [1.54, 1.807) is 54.6 Å². The monoisotopic (exact) mass is 582 g/mol. The number of halogens is 1. The van der Waals surface area contributed by atoms with E-state index in [0.29, 0.717) is 33.8 Å². The number of rotatable bonds is 9. The molecule has 12 heteroatoms. The highest BCUT2D eigenvalue weighted by Gasteiger charge is 2.26. The lowest BCUT2D eigenvalue weighted by Crippen LogP contribution is -2.21. The first-order valence-corrected chi connectivity index (χ1v) is 14.1. The average molecular weight is 583 g/mol. The average Bonchev–Trinajstić information content (AvgIpc) is 3.73. The fourth-order valence-electron chi connectivity index (χ4n) is 5.08. The molecule has 0 aliphatic heterocycles. The van der Waals surface area contributed by atoms with Crippen LogP contribution in [0.5, 0.6) is 0 Å². The Morgan fingerprint density at radius 2 is 2.00 bits per heavy atom. The van der Waals surface area contributed by atoms with Crippen molar-refractivity contribution in [2.75, 3.05) is 11.1 Å². The number of hydrogen-bond donors (Lipinski definition) is 2. The van der Waals surface area contributed by atoms with Crippen molar-refractivity contribution < 1.29 is 13.9 Å². The van der Waals surface area contributed by atoms with Gasteiger partial charge in [0.15, 0.2) is 5.82 Å². The van der Waals surface area contributed by atoms with Crippen molar-refractivity contribution in [1.82, 2.24) is 29.3 Å². The Bertz CT molecular complexity index is 1910. The number of fused-ring (bicyclic) bond motifs is 1. The van der Waals surface area contributed by atoms with Crippen LogP contribution < -0.4 is 16.6 Å². The number of nitrogen functional groups attached to an aromatic ring is 1. The summed E-state index contributed by atoms with van der Waals surface area (Å²) in [7, 11) is 1.78. The van der Waals surface area contributed by atoms with Crippen LogP contribution in [-0.4, -0.2) is 35.3 Å². The lowest BCUT2D eigenvalue weighted by molar-refractivity contribution is -0.145. The highest BCUT2D eigenvalue weighted by molar-refractivity contribution is 5.84. The molecular formula is C31H31FN8O3. The maximum atomic E-state index is 15.3. The molecule has 43 heavy (non-hydrogen) atoms. The number of ether oxygens (including phenoxy) is 1. The predicted molar refractivity (Wildman–Crippen MR) is 160 cm³/mol. The molecule has 5 aromatic rings. The SMILES string of the molecule is CC(C)CC(=O)OCc1c(-c2nc(N)nc(Nc3cnn(C)c3)n2)cccc1-n1ccc2cc(C3CC3)cc(F)c2c1=O. The third-order valence-electron chi connectivity index (χ3n) is 7.25. The van der Waals surface area contributed by atoms with E-state index in [1.807, 2.05) is 19.9 Å². The summed E-state index contributed by atoms with van der Waals surface area (Å²) in [5, 5.41) is 7.73. The van der Waals surface area contributed by atoms with E-state index in [4.69, 9.17) is 10.5 Å². The maximum Gasteiger partial charge on any atom is 0.306 e. The Morgan fingerprint density at radius 3 is 2.72 bits per heavy atom. The minimum Gasteiger partial charge on any atom is -0.461 e. The Morgan fingerprint density at radius 1 is 1.19 bits per heavy atom. The lowest BCUT2D eigenvalue weighted by atomic mass is 10.0. The standard InChI is InChI=1S/C31H31FN8O3/c1-17(2)11-26(41)43-16-23-22(28-36-30(33)38-31(37-28)35-21-14-34-39(3)15-21)5-4-6-25(23)40-10-9-19-12-20(18-7-8-18)13-24(32)27(19)29(40)42/h4-6,9-10,12-15,17-18H,7-8,11,16H2,1-3H3,(H3,33,35,36,37,38). The molecule has 1 aliphatic rings. The molecule has 1 fully saturated rings. The van der Waals surface area contributed by atoms with Crippen LogP contribution in [0.3, 0.4) is 0 Å². The van der Waals surface area contributed by atoms with Gasteiger partial charge < -0.3 is 15.8 Å². The van der Waals surface area contributed by atoms with Gasteiger partial charge in [-0.15, -0.1) is 0 Å². The number of nitrogens with one attached hydrogen (secondary N) is 1. The van der Waals surface area contributed by atoms with Crippen LogP contribution in [0.4, 0.5) is 22.0 Å². The molecule has 0 unspecified atom stereocenters. The molecule has 220 valence electrons. The summed E-state index contributed by atoms with van der Waals surface area (Å²) in [5.74, 6) is -0.176. The number of benzene rings is 2. The van der Waals surface area contributed by atoms with Gasteiger partial charge in [-0.1, -0.05) is 32.0 Å². The number of esters is 1. The molecule has 1 aliphatic carbocycles. The molecule has 0 saturated heterocycles. The zero-order chi connectivity index (χ0) is 30.2. The number of aromatic nitrogens is 6. The second-order valence-corrected chi connectivity index (χ2v) is 11.2. The van der Waals surface area contributed by atoms with E-state index in [9.17, 15) is 9.59 Å². The summed E-state index contributed by atoms with van der Waals surface area (Å²) < 4.78 is 24.0. The summed E-state index contributed by atoms with van der Waals surface area (Å²) in [6, 6.07) is 10.2. The van der Waals surface area contributed by atoms with E-state index < -0.39 is 17.3 Å². The molecule has 3 heterocycles. The van der Waals surface area contributed by atoms with Crippen molar-refractivity contribution in [3.63, 3.8) is 0 Å². The topological polar surface area (TPSA) is 143 Å². The molecule has 3 N–H and O–H groups in total. The molecule has 6 rings (SSSR count). The first-order valence-electron chi connectivity index (χ1n) is 14.1. The zero-order valence-corrected chi connectivity index (χ0v) is 24.0. The second kappa shape index (κ2) is 11.3. The quantitative estimate of drug-likeness (QED) is 0.229. The summed E-state index contributed by atoms with van der Waals surface area (Å²) in [6.07, 6.45) is 7.23. The molecule has 3 aromatic heterocycles. The van der Waals surface area contributed by atoms with E-state index in [0.717, 1.165) is 18.4 Å². The van der Waals surface area contributed by atoms with E-state index in [1.165, 1.54) is 10.6 Å². The number of carbonyl (C=O) groups excluding carboxylic acids is 1. The second-order valence-electron chi connectivity index (χ2n) is 11.2. The van der Waals surface area contributed by atoms with Crippen molar-refractivity contribution in [2.45, 2.75) is 45.6 Å². The first kappa shape index (κ1) is 28.0. The van der Waals surface area contributed by atoms with Gasteiger partial charge in [0.25, 0.3) is 5.56 Å². The molecule has 2 aromatic carbocycles. The van der Waals surface area contributed by atoms with Crippen LogP contribution in [0.1, 0.15) is 50.2 Å². The predicted octanol–water partition coefficient (Wildman–Crippen LogP) is 5.01. The highest BCUT2D eigenvalue weighted by atomic mass is 19.1. The Balaban J connectivity index is 1.47. The van der Waals surface area contributed by atoms with Crippen LogP contribution in [0.15, 0.2) is 59.8 Å². The summed E-state index contributed by atoms with van der Waals surface area (Å²) >= 11 is 0. The molecule has 1 saturated carbocycles. The number of carbonyl (C=O) groups is 1. The minimum absolute atomic E-state index is 0.00702. The van der Waals surface area contributed by atoms with Gasteiger partial charge in [-0.05, 0) is 53.8 Å². The molecule has 0 amide bonds. The first-order chi connectivity index (χ1) is 20.7. The van der Waals surface area contributed by atoms with Gasteiger partial charge in [-0.3, -0.25) is 18.8 Å². The molecule has 0 radical (unpaired) electrons. The van der Waals surface area contributed by atoms with Crippen molar-refractivity contribution in [1.29, 1.82) is 0 Å². The third kappa shape index (κ3) is 5.94. The number of aryl methyl sites for hydroxylation is 1. The van der Waals surface area contributed by atoms with Crippen molar-refractivity contribution in [3.05, 3.63) is 82.3 Å². The largest absolute Gasteiger partial charge is 0.461 e. The number of anilines is 3. The van der Waals surface area contributed by atoms with E-state index in [-0.39, 0.29) is 42.1 Å². The lowest BCUT2D eigenvalue weighted by Gasteiger charge is -2.17. The molecule has 0 spiro atoms. The Labute approximate surface area is 246 Å². The normalized spacial score (nSPS) is 13.0. The fourth-order valence-corrected chi connectivity index (χ4v) is 5.08. The molecule has 11 nitrogen and oxygen atoms in total. The van der Waals surface area contributed by atoms with Crippen molar-refractivity contribution >= 4 is 34.3 Å². The van der Waals surface area contributed by atoms with Gasteiger partial charge in [0, 0.05) is 37.0 Å². The third-order valence-corrected chi connectivity index (χ3v) is 7.25. The van der Waals surface area contributed by atoms with E-state index in [2.05, 4.69) is 25.4 Å². The number of nitrogens with zero attached hydrogens (tertiary/aromatic N) is 6. The Kier molecular flexibility index (Phi) is 7.34. The minimum atomic E-state index is -0.559. The van der Waals surface area contributed by atoms with Crippen LogP contribution in [0.2, 0.25) is 0 Å². The van der Waals surface area contributed by atoms with Crippen LogP contribution >= 0.6 is 0 Å². The van der Waals surface area contributed by atoms with Gasteiger partial charge in [-0.25, -0.2) is 4.39 Å². The maximum absolute atomic E-state index is 15.3. The Hall–Kier alpha value is -5.13. The molecule has 0 bridgehead atoms. The molecular weight excluding hydrogens is 551 g/mol. The van der Waals surface area contributed by atoms with Gasteiger partial charge in [0.2, 0.25) is 11.9 Å². The summed E-state index contributed by atoms with van der Waals surface area (Å²) in [4.78, 5) is 39.5. The van der Waals surface area contributed by atoms with Crippen LogP contribution in [0, 0.1) is 11.7 Å². The van der Waals surface area contributed by atoms with Gasteiger partial charge in [0.05, 0.1) is 23.0 Å². The smallest absolute Gasteiger partial charge is 0.306 e. The van der Waals surface area contributed by atoms with Gasteiger partial charge >= 0.3 is 5.97 Å². The number of hydrogen-bond acceptors (Lipinski definition) is 9. The highest BCUT2D eigenvalue weighted by Crippen LogP contribution is 2.41. The van der Waals surface area contributed by atoms with Crippen molar-refractivity contribution in [2.24, 2.45) is 13.0 Å². The summed E-state index contributed by atoms with van der Waals surface area (Å²) in [6.45, 7) is 3.66. The van der Waals surface area contributed by atoms with Gasteiger partial charge in [0.1, 0.15) is 12.4 Å². The number of pyridine rings is 1. The molecule has 0 atom stereocenters. The van der Waals surface area contributed by atoms with Crippen LogP contribution in [-0.2, 0) is 23.2 Å². The number of nitrogens with two attached hydrogens (primary N) is 1.